The second-order valence-corrected chi connectivity index (χ2v) is 2.25. The van der Waals surface area contributed by atoms with Crippen LogP contribution in [0.5, 0.6) is 0 Å². The lowest BCUT2D eigenvalue weighted by atomic mass is 10.2. The van der Waals surface area contributed by atoms with E-state index in [-0.39, 0.29) is 0 Å². The van der Waals surface area contributed by atoms with E-state index in [1.165, 1.54) is 0 Å². The Morgan fingerprint density at radius 2 is 2.55 bits per heavy atom. The molecule has 1 rings (SSSR count). The van der Waals surface area contributed by atoms with Gasteiger partial charge in [0.15, 0.2) is 0 Å². The number of urea groups is 1. The SMILES string of the molecule is [2H]C1([2H])C(=S)NC(=O)NC1C(=O)O. The predicted molar refractivity (Wildman–Crippen MR) is 40.3 cm³/mol. The van der Waals surface area contributed by atoms with Crippen LogP contribution in [0.3, 0.4) is 0 Å². The highest BCUT2D eigenvalue weighted by molar-refractivity contribution is 7.80. The monoisotopic (exact) mass is 176 g/mol. The molecule has 0 bridgehead atoms. The minimum Gasteiger partial charge on any atom is -0.480 e. The summed E-state index contributed by atoms with van der Waals surface area (Å²) in [6.45, 7) is 0. The van der Waals surface area contributed by atoms with Crippen molar-refractivity contribution >= 4 is 29.2 Å². The van der Waals surface area contributed by atoms with Gasteiger partial charge in [0.1, 0.15) is 6.04 Å². The summed E-state index contributed by atoms with van der Waals surface area (Å²) in [5.74, 6) is -1.46. The molecule has 3 N–H and O–H groups in total. The van der Waals surface area contributed by atoms with Crippen LogP contribution in [0.15, 0.2) is 0 Å². The summed E-state index contributed by atoms with van der Waals surface area (Å²) in [5.41, 5.74) is 0. The van der Waals surface area contributed by atoms with E-state index in [4.69, 9.17) is 7.85 Å². The number of rotatable bonds is 1. The molecule has 0 aliphatic carbocycles. The molecule has 1 saturated heterocycles. The average Bonchev–Trinajstić information content (AvgIpc) is 1.96. The highest BCUT2D eigenvalue weighted by Crippen LogP contribution is 1.98. The van der Waals surface area contributed by atoms with Crippen molar-refractivity contribution in [2.24, 2.45) is 0 Å². The topological polar surface area (TPSA) is 78.4 Å². The number of hydrogen-bond acceptors (Lipinski definition) is 3. The summed E-state index contributed by atoms with van der Waals surface area (Å²) >= 11 is 4.50. The Morgan fingerprint density at radius 1 is 1.91 bits per heavy atom. The highest BCUT2D eigenvalue weighted by atomic mass is 32.1. The molecule has 11 heavy (non-hydrogen) atoms. The smallest absolute Gasteiger partial charge is 0.326 e. The van der Waals surface area contributed by atoms with Gasteiger partial charge in [-0.1, -0.05) is 12.2 Å². The minimum absolute atomic E-state index is 0.413. The van der Waals surface area contributed by atoms with Crippen LogP contribution < -0.4 is 10.6 Å². The van der Waals surface area contributed by atoms with Crippen LogP contribution in [0.25, 0.3) is 0 Å². The fraction of sp³-hybridized carbons (Fsp3) is 0.400. The van der Waals surface area contributed by atoms with Crippen molar-refractivity contribution in [3.05, 3.63) is 0 Å². The maximum atomic E-state index is 10.7. The van der Waals surface area contributed by atoms with Gasteiger partial charge in [0.25, 0.3) is 0 Å². The molecule has 1 unspecified atom stereocenters. The van der Waals surface area contributed by atoms with Gasteiger partial charge in [-0.2, -0.15) is 0 Å². The molecule has 60 valence electrons. The molecule has 1 heterocycles. The number of thiocarbonyl (C=S) groups is 1. The van der Waals surface area contributed by atoms with Gasteiger partial charge in [-0.05, 0) is 0 Å². The molecular formula is C5H6N2O3S. The molecule has 6 heteroatoms. The van der Waals surface area contributed by atoms with Crippen LogP contribution in [-0.4, -0.2) is 28.1 Å². The second kappa shape index (κ2) is 2.83. The summed E-state index contributed by atoms with van der Waals surface area (Å²) in [6, 6.07) is -2.43. The Hall–Kier alpha value is -1.17. The lowest BCUT2D eigenvalue weighted by molar-refractivity contribution is -0.139. The molecular weight excluding hydrogens is 168 g/mol. The highest BCUT2D eigenvalue weighted by Gasteiger charge is 2.26. The van der Waals surface area contributed by atoms with Gasteiger partial charge in [0.05, 0.1) is 4.99 Å². The molecule has 1 aliphatic heterocycles. The van der Waals surface area contributed by atoms with Crippen LogP contribution in [0.1, 0.15) is 9.11 Å². The Labute approximate surface area is 70.6 Å². The first kappa shape index (κ1) is 5.48. The number of carboxylic acid groups (broad SMARTS) is 1. The van der Waals surface area contributed by atoms with Crippen molar-refractivity contribution in [2.45, 2.75) is 12.4 Å². The Balaban J connectivity index is 2.98. The molecule has 0 saturated carbocycles. The lowest BCUT2D eigenvalue weighted by Crippen LogP contribution is -2.54. The van der Waals surface area contributed by atoms with E-state index in [1.54, 1.807) is 0 Å². The second-order valence-electron chi connectivity index (χ2n) is 1.84. The molecule has 0 spiro atoms. The van der Waals surface area contributed by atoms with Crippen LogP contribution in [0, 0.1) is 0 Å². The lowest BCUT2D eigenvalue weighted by Gasteiger charge is -2.20. The van der Waals surface area contributed by atoms with E-state index in [1.807, 2.05) is 10.6 Å². The van der Waals surface area contributed by atoms with Crippen molar-refractivity contribution in [3.63, 3.8) is 0 Å². The normalized spacial score (nSPS) is 31.1. The average molecular weight is 176 g/mol. The first-order valence-corrected chi connectivity index (χ1v) is 3.11. The number of carbonyl (C=O) groups is 2. The third-order valence-corrected chi connectivity index (χ3v) is 1.24. The van der Waals surface area contributed by atoms with Crippen LogP contribution >= 0.6 is 12.2 Å². The standard InChI is InChI=1S/C5H6N2O3S/c8-4(9)2-1-3(11)7-5(10)6-2/h2H,1H2,(H,8,9)(H2,6,7,10,11)/i1D2. The Bertz CT molecular complexity index is 294. The number of aliphatic carboxylic acids is 1. The largest absolute Gasteiger partial charge is 0.480 e. The number of hydrogen-bond donors (Lipinski definition) is 3. The Morgan fingerprint density at radius 3 is 3.09 bits per heavy atom. The minimum atomic E-state index is -2.25. The zero-order valence-electron chi connectivity index (χ0n) is 7.25. The van der Waals surface area contributed by atoms with E-state index < -0.39 is 29.4 Å². The van der Waals surface area contributed by atoms with E-state index in [0.717, 1.165) is 0 Å². The quantitative estimate of drug-likeness (QED) is 0.469. The van der Waals surface area contributed by atoms with Gasteiger partial charge in [-0.15, -0.1) is 0 Å². The van der Waals surface area contributed by atoms with Crippen LogP contribution in [-0.2, 0) is 4.79 Å². The van der Waals surface area contributed by atoms with E-state index in [2.05, 4.69) is 12.2 Å². The van der Waals surface area contributed by atoms with Crippen molar-refractivity contribution in [1.82, 2.24) is 10.6 Å². The summed E-state index contributed by atoms with van der Waals surface area (Å²) < 4.78 is 14.6. The number of amides is 2. The van der Waals surface area contributed by atoms with Gasteiger partial charge in [-0.25, -0.2) is 9.59 Å². The summed E-state index contributed by atoms with van der Waals surface area (Å²) in [5, 5.41) is 12.5. The number of carboxylic acids is 1. The van der Waals surface area contributed by atoms with Crippen molar-refractivity contribution in [3.8, 4) is 0 Å². The zero-order valence-corrected chi connectivity index (χ0v) is 6.07. The van der Waals surface area contributed by atoms with Crippen LogP contribution in [0.4, 0.5) is 4.79 Å². The van der Waals surface area contributed by atoms with E-state index in [9.17, 15) is 9.59 Å². The van der Waals surface area contributed by atoms with Crippen molar-refractivity contribution < 1.29 is 17.4 Å². The summed E-state index contributed by atoms with van der Waals surface area (Å²) in [4.78, 5) is 20.8. The maximum Gasteiger partial charge on any atom is 0.326 e. The van der Waals surface area contributed by atoms with Gasteiger partial charge in [-0.3, -0.25) is 0 Å². The molecule has 0 aromatic rings. The number of nitrogens with one attached hydrogen (secondary N) is 2. The van der Waals surface area contributed by atoms with Crippen LogP contribution in [0.2, 0.25) is 0 Å². The molecule has 1 atom stereocenters. The van der Waals surface area contributed by atoms with E-state index >= 15 is 0 Å². The molecule has 5 nitrogen and oxygen atoms in total. The van der Waals surface area contributed by atoms with Gasteiger partial charge in [0.2, 0.25) is 0 Å². The maximum absolute atomic E-state index is 10.7. The molecule has 0 aromatic carbocycles. The fourth-order valence-corrected chi connectivity index (χ4v) is 0.808. The van der Waals surface area contributed by atoms with Crippen molar-refractivity contribution in [2.75, 3.05) is 0 Å². The first-order valence-electron chi connectivity index (χ1n) is 3.70. The molecule has 2 amide bonds. The summed E-state index contributed by atoms with van der Waals surface area (Å²) in [6.07, 6.45) is -2.25. The van der Waals surface area contributed by atoms with Gasteiger partial charge in [0, 0.05) is 9.11 Å². The van der Waals surface area contributed by atoms with Gasteiger partial charge >= 0.3 is 12.0 Å². The number of carbonyl (C=O) groups excluding carboxylic acids is 1. The first-order chi connectivity index (χ1) is 5.85. The summed E-state index contributed by atoms with van der Waals surface area (Å²) in [7, 11) is 0. The van der Waals surface area contributed by atoms with Crippen molar-refractivity contribution in [1.29, 1.82) is 0 Å². The predicted octanol–water partition coefficient (Wildman–Crippen LogP) is -0.530. The van der Waals surface area contributed by atoms with E-state index in [0.29, 0.717) is 0 Å². The van der Waals surface area contributed by atoms with Gasteiger partial charge < -0.3 is 15.7 Å². The third kappa shape index (κ3) is 1.87. The third-order valence-electron chi connectivity index (χ3n) is 1.02. The Kier molecular flexibility index (Phi) is 1.41. The fourth-order valence-electron chi connectivity index (χ4n) is 0.597. The molecule has 0 radical (unpaired) electrons. The molecule has 1 fully saturated rings. The molecule has 0 aromatic heterocycles. The zero-order chi connectivity index (χ0) is 10.2. The molecule has 1 aliphatic rings.